The van der Waals surface area contributed by atoms with Gasteiger partial charge in [0.05, 0.1) is 6.54 Å². The van der Waals surface area contributed by atoms with Gasteiger partial charge in [-0.25, -0.2) is 0 Å². The molecule has 0 aromatic heterocycles. The fourth-order valence-corrected chi connectivity index (χ4v) is 2.76. The van der Waals surface area contributed by atoms with Crippen molar-refractivity contribution in [2.45, 2.75) is 32.6 Å². The molecule has 22 heavy (non-hydrogen) atoms. The van der Waals surface area contributed by atoms with Gasteiger partial charge < -0.3 is 9.64 Å². The third kappa shape index (κ3) is 5.34. The van der Waals surface area contributed by atoms with Crippen LogP contribution in [-0.4, -0.2) is 55.5 Å². The fourth-order valence-electron chi connectivity index (χ4n) is 2.76. The zero-order valence-corrected chi connectivity index (χ0v) is 13.9. The summed E-state index contributed by atoms with van der Waals surface area (Å²) in [6.07, 6.45) is 4.80. The molecule has 0 saturated carbocycles. The second-order valence-electron chi connectivity index (χ2n) is 6.15. The summed E-state index contributed by atoms with van der Waals surface area (Å²) in [7, 11) is 1.98. The van der Waals surface area contributed by atoms with E-state index < -0.39 is 0 Å². The average Bonchev–Trinajstić information content (AvgIpc) is 2.78. The molecule has 2 rings (SSSR count). The summed E-state index contributed by atoms with van der Waals surface area (Å²) in [5.41, 5.74) is 1.14. The van der Waals surface area contributed by atoms with E-state index >= 15 is 0 Å². The van der Waals surface area contributed by atoms with Crippen molar-refractivity contribution >= 4 is 5.91 Å². The maximum absolute atomic E-state index is 12.3. The van der Waals surface area contributed by atoms with Crippen molar-refractivity contribution in [3.63, 3.8) is 0 Å². The molecular formula is C18H28N2O2. The molecule has 0 radical (unpaired) electrons. The normalized spacial score (nSPS) is 15.7. The molecule has 1 saturated heterocycles. The van der Waals surface area contributed by atoms with Crippen molar-refractivity contribution in [1.82, 2.24) is 9.80 Å². The van der Waals surface area contributed by atoms with E-state index in [-0.39, 0.29) is 5.91 Å². The van der Waals surface area contributed by atoms with Crippen LogP contribution in [0, 0.1) is 6.92 Å². The predicted octanol–water partition coefficient (Wildman–Crippen LogP) is 2.71. The van der Waals surface area contributed by atoms with Crippen molar-refractivity contribution in [3.8, 4) is 5.75 Å². The van der Waals surface area contributed by atoms with Crippen molar-refractivity contribution in [2.75, 3.05) is 39.8 Å². The van der Waals surface area contributed by atoms with Gasteiger partial charge in [0, 0.05) is 19.6 Å². The standard InChI is InChI=1S/C18H28N2O2/c1-16-9-5-6-10-17(16)22-14-13-19(2)15-18(21)20-11-7-3-4-8-12-20/h5-6,9-10H,3-4,7-8,11-15H2,1-2H3. The summed E-state index contributed by atoms with van der Waals surface area (Å²) in [6.45, 7) is 5.74. The van der Waals surface area contributed by atoms with Gasteiger partial charge in [-0.3, -0.25) is 9.69 Å². The molecule has 4 heteroatoms. The zero-order chi connectivity index (χ0) is 15.8. The molecule has 0 aliphatic carbocycles. The van der Waals surface area contributed by atoms with Gasteiger partial charge in [0.1, 0.15) is 12.4 Å². The first-order valence-electron chi connectivity index (χ1n) is 8.31. The minimum Gasteiger partial charge on any atom is -0.492 e. The van der Waals surface area contributed by atoms with E-state index in [1.807, 2.05) is 48.0 Å². The van der Waals surface area contributed by atoms with E-state index in [0.29, 0.717) is 13.2 Å². The summed E-state index contributed by atoms with van der Waals surface area (Å²) in [4.78, 5) is 16.4. The highest BCUT2D eigenvalue weighted by Gasteiger charge is 2.16. The van der Waals surface area contributed by atoms with E-state index in [1.165, 1.54) is 12.8 Å². The van der Waals surface area contributed by atoms with Crippen LogP contribution in [0.15, 0.2) is 24.3 Å². The highest BCUT2D eigenvalue weighted by molar-refractivity contribution is 5.78. The lowest BCUT2D eigenvalue weighted by molar-refractivity contribution is -0.132. The van der Waals surface area contributed by atoms with Crippen LogP contribution in [0.3, 0.4) is 0 Å². The van der Waals surface area contributed by atoms with Crippen molar-refractivity contribution in [1.29, 1.82) is 0 Å². The molecule has 1 aliphatic rings. The Kier molecular flexibility index (Phi) is 6.72. The van der Waals surface area contributed by atoms with Crippen LogP contribution >= 0.6 is 0 Å². The Bertz CT molecular complexity index is 468. The molecule has 1 aromatic carbocycles. The van der Waals surface area contributed by atoms with Gasteiger partial charge in [0.25, 0.3) is 0 Å². The maximum atomic E-state index is 12.3. The van der Waals surface area contributed by atoms with Crippen LogP contribution < -0.4 is 4.74 Å². The van der Waals surface area contributed by atoms with Crippen molar-refractivity contribution < 1.29 is 9.53 Å². The quantitative estimate of drug-likeness (QED) is 0.810. The number of para-hydroxylation sites is 1. The van der Waals surface area contributed by atoms with Crippen LogP contribution in [0.5, 0.6) is 5.75 Å². The topological polar surface area (TPSA) is 32.8 Å². The molecule has 1 fully saturated rings. The van der Waals surface area contributed by atoms with Gasteiger partial charge in [0.15, 0.2) is 0 Å². The molecular weight excluding hydrogens is 276 g/mol. The number of amides is 1. The Morgan fingerprint density at radius 3 is 2.55 bits per heavy atom. The number of rotatable bonds is 6. The van der Waals surface area contributed by atoms with Gasteiger partial charge in [-0.15, -0.1) is 0 Å². The second kappa shape index (κ2) is 8.79. The minimum absolute atomic E-state index is 0.250. The number of carbonyl (C=O) groups excluding carboxylic acids is 1. The average molecular weight is 304 g/mol. The fraction of sp³-hybridized carbons (Fsp3) is 0.611. The van der Waals surface area contributed by atoms with Gasteiger partial charge in [-0.2, -0.15) is 0 Å². The van der Waals surface area contributed by atoms with E-state index in [1.54, 1.807) is 0 Å². The van der Waals surface area contributed by atoms with Crippen molar-refractivity contribution in [2.24, 2.45) is 0 Å². The minimum atomic E-state index is 0.250. The molecule has 1 aromatic rings. The highest BCUT2D eigenvalue weighted by Crippen LogP contribution is 2.15. The Balaban J connectivity index is 1.69. The Morgan fingerprint density at radius 1 is 1.18 bits per heavy atom. The smallest absolute Gasteiger partial charge is 0.236 e. The van der Waals surface area contributed by atoms with Crippen LogP contribution in [0.2, 0.25) is 0 Å². The first kappa shape index (κ1) is 16.8. The summed E-state index contributed by atoms with van der Waals surface area (Å²) < 4.78 is 5.79. The van der Waals surface area contributed by atoms with Crippen LogP contribution in [-0.2, 0) is 4.79 Å². The number of nitrogens with zero attached hydrogens (tertiary/aromatic N) is 2. The summed E-state index contributed by atoms with van der Waals surface area (Å²) in [5.74, 6) is 1.18. The molecule has 1 aliphatic heterocycles. The summed E-state index contributed by atoms with van der Waals surface area (Å²) >= 11 is 0. The Hall–Kier alpha value is -1.55. The largest absolute Gasteiger partial charge is 0.492 e. The van der Waals surface area contributed by atoms with Gasteiger partial charge in [0.2, 0.25) is 5.91 Å². The molecule has 0 atom stereocenters. The van der Waals surface area contributed by atoms with Gasteiger partial charge >= 0.3 is 0 Å². The summed E-state index contributed by atoms with van der Waals surface area (Å²) in [5, 5.41) is 0. The lowest BCUT2D eigenvalue weighted by Crippen LogP contribution is -2.40. The molecule has 122 valence electrons. The first-order chi connectivity index (χ1) is 10.7. The number of hydrogen-bond acceptors (Lipinski definition) is 3. The number of benzene rings is 1. The molecule has 4 nitrogen and oxygen atoms in total. The number of hydrogen-bond donors (Lipinski definition) is 0. The second-order valence-corrected chi connectivity index (χ2v) is 6.15. The molecule has 0 spiro atoms. The maximum Gasteiger partial charge on any atom is 0.236 e. The third-order valence-electron chi connectivity index (χ3n) is 4.19. The monoisotopic (exact) mass is 304 g/mol. The lowest BCUT2D eigenvalue weighted by Gasteiger charge is -2.24. The van der Waals surface area contributed by atoms with E-state index in [9.17, 15) is 4.79 Å². The van der Waals surface area contributed by atoms with Crippen LogP contribution in [0.4, 0.5) is 0 Å². The molecule has 0 unspecified atom stereocenters. The van der Waals surface area contributed by atoms with Crippen LogP contribution in [0.25, 0.3) is 0 Å². The first-order valence-corrected chi connectivity index (χ1v) is 8.31. The molecule has 0 N–H and O–H groups in total. The van der Waals surface area contributed by atoms with E-state index in [4.69, 9.17) is 4.74 Å². The molecule has 1 amide bonds. The van der Waals surface area contributed by atoms with Crippen LogP contribution in [0.1, 0.15) is 31.2 Å². The van der Waals surface area contributed by atoms with E-state index in [2.05, 4.69) is 0 Å². The number of aryl methyl sites for hydroxylation is 1. The summed E-state index contributed by atoms with van der Waals surface area (Å²) in [6, 6.07) is 8.02. The predicted molar refractivity (Wildman–Crippen MR) is 89.2 cm³/mol. The van der Waals surface area contributed by atoms with E-state index in [0.717, 1.165) is 43.8 Å². The number of carbonyl (C=O) groups is 1. The number of likely N-dealkylation sites (N-methyl/N-ethyl adjacent to an activating group) is 1. The highest BCUT2D eigenvalue weighted by atomic mass is 16.5. The SMILES string of the molecule is Cc1ccccc1OCCN(C)CC(=O)N1CCCCCC1. The lowest BCUT2D eigenvalue weighted by atomic mass is 10.2. The number of likely N-dealkylation sites (tertiary alicyclic amines) is 1. The molecule has 0 bridgehead atoms. The van der Waals surface area contributed by atoms with Crippen molar-refractivity contribution in [3.05, 3.63) is 29.8 Å². The zero-order valence-electron chi connectivity index (χ0n) is 13.9. The van der Waals surface area contributed by atoms with Gasteiger partial charge in [-0.1, -0.05) is 31.0 Å². The third-order valence-corrected chi connectivity index (χ3v) is 4.19. The Labute approximate surface area is 134 Å². The number of ether oxygens (including phenoxy) is 1. The Morgan fingerprint density at radius 2 is 1.86 bits per heavy atom. The van der Waals surface area contributed by atoms with Gasteiger partial charge in [-0.05, 0) is 38.4 Å². The molecule has 1 heterocycles.